The summed E-state index contributed by atoms with van der Waals surface area (Å²) in [5, 5.41) is 0.00181. The predicted octanol–water partition coefficient (Wildman–Crippen LogP) is 0.778. The molecule has 20 heavy (non-hydrogen) atoms. The molecule has 3 N–H and O–H groups in total. The molecule has 0 aliphatic carbocycles. The first-order chi connectivity index (χ1) is 9.03. The van der Waals surface area contributed by atoms with Gasteiger partial charge in [0.25, 0.3) is 0 Å². The van der Waals surface area contributed by atoms with Crippen molar-refractivity contribution < 1.29 is 16.8 Å². The molecular weight excluding hydrogens is 324 g/mol. The fourth-order valence-electron chi connectivity index (χ4n) is 2.21. The van der Waals surface area contributed by atoms with Crippen molar-refractivity contribution in [1.29, 1.82) is 0 Å². The van der Waals surface area contributed by atoms with Gasteiger partial charge < -0.3 is 5.73 Å². The molecule has 0 bridgehead atoms. The van der Waals surface area contributed by atoms with E-state index in [0.717, 1.165) is 0 Å². The molecule has 1 unspecified atom stereocenters. The standard InChI is InChI=1S/C11H15ClN2O4S2/c1-11(4-5-19(15,16)7-11)14-20(17,18)10-3-2-8(13)6-9(10)12/h2-3,6,14H,4-5,7,13H2,1H3. The zero-order valence-electron chi connectivity index (χ0n) is 10.8. The van der Waals surface area contributed by atoms with Gasteiger partial charge in [0.1, 0.15) is 4.90 Å². The van der Waals surface area contributed by atoms with Crippen LogP contribution in [-0.2, 0) is 19.9 Å². The van der Waals surface area contributed by atoms with Crippen LogP contribution in [0, 0.1) is 0 Å². The van der Waals surface area contributed by atoms with Gasteiger partial charge in [0.2, 0.25) is 10.0 Å². The number of nitrogens with one attached hydrogen (secondary N) is 1. The molecule has 1 aliphatic rings. The predicted molar refractivity (Wildman–Crippen MR) is 77.9 cm³/mol. The fourth-order valence-corrected chi connectivity index (χ4v) is 6.38. The van der Waals surface area contributed by atoms with Crippen molar-refractivity contribution in [3.05, 3.63) is 23.2 Å². The van der Waals surface area contributed by atoms with Crippen LogP contribution >= 0.6 is 11.6 Å². The van der Waals surface area contributed by atoms with Gasteiger partial charge in [0, 0.05) is 11.2 Å². The third-order valence-electron chi connectivity index (χ3n) is 3.13. The molecule has 1 saturated heterocycles. The largest absolute Gasteiger partial charge is 0.399 e. The highest BCUT2D eigenvalue weighted by Crippen LogP contribution is 2.28. The molecule has 9 heteroatoms. The lowest BCUT2D eigenvalue weighted by molar-refractivity contribution is 0.462. The highest BCUT2D eigenvalue weighted by molar-refractivity contribution is 7.92. The maximum atomic E-state index is 12.3. The molecule has 6 nitrogen and oxygen atoms in total. The third-order valence-corrected chi connectivity index (χ3v) is 7.15. The molecule has 112 valence electrons. The number of benzene rings is 1. The summed E-state index contributed by atoms with van der Waals surface area (Å²) in [6.45, 7) is 1.57. The highest BCUT2D eigenvalue weighted by Gasteiger charge is 2.41. The maximum absolute atomic E-state index is 12.3. The summed E-state index contributed by atoms with van der Waals surface area (Å²) in [6, 6.07) is 4.06. The van der Waals surface area contributed by atoms with Crippen molar-refractivity contribution in [3.8, 4) is 0 Å². The summed E-state index contributed by atoms with van der Waals surface area (Å²) in [6.07, 6.45) is 0.237. The van der Waals surface area contributed by atoms with Crippen LogP contribution in [0.4, 0.5) is 5.69 Å². The summed E-state index contributed by atoms with van der Waals surface area (Å²) >= 11 is 5.88. The summed E-state index contributed by atoms with van der Waals surface area (Å²) in [5.41, 5.74) is 4.86. The van der Waals surface area contributed by atoms with E-state index in [1.165, 1.54) is 18.2 Å². The normalized spacial score (nSPS) is 25.7. The van der Waals surface area contributed by atoms with E-state index in [2.05, 4.69) is 4.72 Å². The van der Waals surface area contributed by atoms with Crippen LogP contribution in [-0.4, -0.2) is 33.9 Å². The quantitative estimate of drug-likeness (QED) is 0.792. The molecule has 0 radical (unpaired) electrons. The second-order valence-electron chi connectivity index (χ2n) is 5.20. The Hall–Kier alpha value is -0.830. The van der Waals surface area contributed by atoms with Crippen LogP contribution < -0.4 is 10.5 Å². The van der Waals surface area contributed by atoms with E-state index in [1.807, 2.05) is 0 Å². The lowest BCUT2D eigenvalue weighted by atomic mass is 10.0. The van der Waals surface area contributed by atoms with Crippen LogP contribution in [0.2, 0.25) is 5.02 Å². The third kappa shape index (κ3) is 3.25. The molecule has 1 aromatic carbocycles. The minimum Gasteiger partial charge on any atom is -0.399 e. The van der Waals surface area contributed by atoms with Crippen molar-refractivity contribution in [2.75, 3.05) is 17.2 Å². The second kappa shape index (κ2) is 4.87. The van der Waals surface area contributed by atoms with Gasteiger partial charge >= 0.3 is 0 Å². The van der Waals surface area contributed by atoms with E-state index in [1.54, 1.807) is 6.92 Å². The van der Waals surface area contributed by atoms with Gasteiger partial charge in [-0.25, -0.2) is 21.6 Å². The Morgan fingerprint density at radius 2 is 2.05 bits per heavy atom. The highest BCUT2D eigenvalue weighted by atomic mass is 35.5. The van der Waals surface area contributed by atoms with Gasteiger partial charge in [-0.15, -0.1) is 0 Å². The van der Waals surface area contributed by atoms with Crippen LogP contribution in [0.3, 0.4) is 0 Å². The van der Waals surface area contributed by atoms with E-state index in [4.69, 9.17) is 17.3 Å². The molecule has 0 saturated carbocycles. The smallest absolute Gasteiger partial charge is 0.242 e. The Balaban J connectivity index is 2.33. The Morgan fingerprint density at radius 3 is 2.55 bits per heavy atom. The molecule has 1 heterocycles. The molecule has 0 aromatic heterocycles. The Kier molecular flexibility index (Phi) is 3.79. The number of hydrogen-bond donors (Lipinski definition) is 2. The Bertz CT molecular complexity index is 746. The van der Waals surface area contributed by atoms with Gasteiger partial charge in [0.15, 0.2) is 9.84 Å². The maximum Gasteiger partial charge on any atom is 0.242 e. The van der Waals surface area contributed by atoms with Crippen LogP contribution in [0.25, 0.3) is 0 Å². The first kappa shape index (κ1) is 15.6. The minimum absolute atomic E-state index is 0.00181. The number of halogens is 1. The van der Waals surface area contributed by atoms with Gasteiger partial charge in [0.05, 0.1) is 16.5 Å². The molecule has 1 aromatic rings. The number of anilines is 1. The minimum atomic E-state index is -3.90. The van der Waals surface area contributed by atoms with Crippen LogP contribution in [0.1, 0.15) is 13.3 Å². The number of nitrogens with two attached hydrogens (primary N) is 1. The lowest BCUT2D eigenvalue weighted by Gasteiger charge is -2.23. The average Bonchev–Trinajstić information content (AvgIpc) is 2.50. The first-order valence-electron chi connectivity index (χ1n) is 5.83. The number of hydrogen-bond acceptors (Lipinski definition) is 5. The van der Waals surface area contributed by atoms with Gasteiger partial charge in [-0.05, 0) is 31.5 Å². The van der Waals surface area contributed by atoms with Crippen LogP contribution in [0.15, 0.2) is 23.1 Å². The molecule has 1 atom stereocenters. The van der Waals surface area contributed by atoms with Crippen molar-refractivity contribution >= 4 is 37.1 Å². The van der Waals surface area contributed by atoms with Gasteiger partial charge in [-0.1, -0.05) is 11.6 Å². The summed E-state index contributed by atoms with van der Waals surface area (Å²) in [5.74, 6) is -0.243. The summed E-state index contributed by atoms with van der Waals surface area (Å²) in [7, 11) is -7.11. The summed E-state index contributed by atoms with van der Waals surface area (Å²) < 4.78 is 50.0. The van der Waals surface area contributed by atoms with E-state index in [0.29, 0.717) is 5.69 Å². The lowest BCUT2D eigenvalue weighted by Crippen LogP contribution is -2.46. The average molecular weight is 339 g/mol. The number of nitrogen functional groups attached to an aromatic ring is 1. The van der Waals surface area contributed by atoms with Crippen molar-refractivity contribution in [2.45, 2.75) is 23.8 Å². The monoisotopic (exact) mass is 338 g/mol. The van der Waals surface area contributed by atoms with Gasteiger partial charge in [-0.2, -0.15) is 0 Å². The van der Waals surface area contributed by atoms with E-state index >= 15 is 0 Å². The van der Waals surface area contributed by atoms with E-state index in [9.17, 15) is 16.8 Å². The molecule has 1 fully saturated rings. The molecule has 2 rings (SSSR count). The Morgan fingerprint density at radius 1 is 1.40 bits per heavy atom. The SMILES string of the molecule is CC1(NS(=O)(=O)c2ccc(N)cc2Cl)CCS(=O)(=O)C1. The number of sulfonamides is 1. The van der Waals surface area contributed by atoms with Crippen molar-refractivity contribution in [3.63, 3.8) is 0 Å². The van der Waals surface area contributed by atoms with E-state index < -0.39 is 25.4 Å². The van der Waals surface area contributed by atoms with Gasteiger partial charge in [-0.3, -0.25) is 0 Å². The second-order valence-corrected chi connectivity index (χ2v) is 9.44. The molecule has 1 aliphatic heterocycles. The van der Waals surface area contributed by atoms with E-state index in [-0.39, 0.29) is 27.8 Å². The number of sulfone groups is 1. The zero-order valence-corrected chi connectivity index (χ0v) is 13.1. The zero-order chi connectivity index (χ0) is 15.2. The fraction of sp³-hybridized carbons (Fsp3) is 0.455. The summed E-state index contributed by atoms with van der Waals surface area (Å²) in [4.78, 5) is -0.112. The van der Waals surface area contributed by atoms with Crippen molar-refractivity contribution in [1.82, 2.24) is 4.72 Å². The molecular formula is C11H15ClN2O4S2. The number of rotatable bonds is 3. The van der Waals surface area contributed by atoms with Crippen LogP contribution in [0.5, 0.6) is 0 Å². The Labute approximate surface area is 123 Å². The topological polar surface area (TPSA) is 106 Å². The molecule has 0 amide bonds. The molecule has 0 spiro atoms. The first-order valence-corrected chi connectivity index (χ1v) is 9.51. The van der Waals surface area contributed by atoms with Crippen molar-refractivity contribution in [2.24, 2.45) is 0 Å².